The highest BCUT2D eigenvalue weighted by Gasteiger charge is 2.17. The molecule has 2 aromatic carbocycles. The monoisotopic (exact) mass is 486 g/mol. The van der Waals surface area contributed by atoms with Crippen LogP contribution in [-0.4, -0.2) is 42.6 Å². The van der Waals surface area contributed by atoms with Crippen LogP contribution in [0.3, 0.4) is 0 Å². The average molecular weight is 487 g/mol. The summed E-state index contributed by atoms with van der Waals surface area (Å²) in [5, 5.41) is 3.80. The van der Waals surface area contributed by atoms with Gasteiger partial charge in [0.25, 0.3) is 0 Å². The van der Waals surface area contributed by atoms with Gasteiger partial charge in [0, 0.05) is 23.0 Å². The van der Waals surface area contributed by atoms with Gasteiger partial charge >= 0.3 is 5.97 Å². The molecule has 1 amide bonds. The number of hydrogen-bond acceptors (Lipinski definition) is 8. The first-order chi connectivity index (χ1) is 16.1. The average Bonchev–Trinajstić information content (AvgIpc) is 3.30. The number of hydrogen-bond donors (Lipinski definition) is 1. The second-order valence-electron chi connectivity index (χ2n) is 6.70. The number of carbonyl (C=O) groups is 2. The first-order valence-corrected chi connectivity index (χ1v) is 11.3. The molecule has 0 atom stereocenters. The first kappa shape index (κ1) is 22.8. The van der Waals surface area contributed by atoms with Crippen molar-refractivity contribution in [3.8, 4) is 17.2 Å². The number of esters is 1. The minimum atomic E-state index is -0.540. The maximum absolute atomic E-state index is 12.5. The van der Waals surface area contributed by atoms with E-state index in [1.807, 2.05) is 0 Å². The van der Waals surface area contributed by atoms with Crippen molar-refractivity contribution in [2.24, 2.45) is 0 Å². The fourth-order valence-corrected chi connectivity index (χ4v) is 3.78. The van der Waals surface area contributed by atoms with Crippen molar-refractivity contribution in [1.82, 2.24) is 4.98 Å². The molecule has 170 valence electrons. The molecule has 1 aliphatic heterocycles. The predicted octanol–water partition coefficient (Wildman–Crippen LogP) is 4.43. The number of halogens is 1. The number of pyridine rings is 1. The Bertz CT molecular complexity index is 1140. The van der Waals surface area contributed by atoms with Crippen molar-refractivity contribution in [3.63, 3.8) is 0 Å². The molecule has 8 nitrogen and oxygen atoms in total. The van der Waals surface area contributed by atoms with Crippen molar-refractivity contribution < 1.29 is 28.5 Å². The molecule has 0 aliphatic carbocycles. The fraction of sp³-hybridized carbons (Fsp3) is 0.174. The number of amides is 1. The number of aromatic nitrogens is 1. The van der Waals surface area contributed by atoms with Crippen molar-refractivity contribution in [2.75, 3.05) is 31.1 Å². The summed E-state index contributed by atoms with van der Waals surface area (Å²) in [7, 11) is 0. The van der Waals surface area contributed by atoms with Crippen molar-refractivity contribution in [1.29, 1.82) is 0 Å². The van der Waals surface area contributed by atoms with Crippen LogP contribution in [-0.2, 0) is 9.53 Å². The zero-order valence-electron chi connectivity index (χ0n) is 17.3. The van der Waals surface area contributed by atoms with Crippen LogP contribution in [0.4, 0.5) is 5.69 Å². The quantitative estimate of drug-likeness (QED) is 0.269. The molecular weight excluding hydrogens is 468 g/mol. The Morgan fingerprint density at radius 1 is 1.06 bits per heavy atom. The van der Waals surface area contributed by atoms with E-state index in [1.54, 1.807) is 60.8 Å². The highest BCUT2D eigenvalue weighted by atomic mass is 35.5. The highest BCUT2D eigenvalue weighted by molar-refractivity contribution is 8.00. The zero-order valence-corrected chi connectivity index (χ0v) is 18.9. The minimum Gasteiger partial charge on any atom is -0.490 e. The van der Waals surface area contributed by atoms with E-state index in [4.69, 9.17) is 30.5 Å². The van der Waals surface area contributed by atoms with Gasteiger partial charge in [-0.25, -0.2) is 9.78 Å². The van der Waals surface area contributed by atoms with E-state index in [9.17, 15) is 9.59 Å². The Kier molecular flexibility index (Phi) is 7.54. The summed E-state index contributed by atoms with van der Waals surface area (Å²) in [5.41, 5.74) is 0.871. The van der Waals surface area contributed by atoms with Crippen LogP contribution in [0, 0.1) is 0 Å². The normalized spacial score (nSPS) is 11.7. The molecule has 0 unspecified atom stereocenters. The van der Waals surface area contributed by atoms with Crippen LogP contribution in [0.1, 0.15) is 10.4 Å². The Morgan fingerprint density at radius 3 is 2.73 bits per heavy atom. The number of anilines is 1. The SMILES string of the molecule is O=C(CSc1ncccc1C(=O)OCCOc1ccc(Cl)cc1)Nc1ccc2c(c1)OCO2. The maximum atomic E-state index is 12.5. The van der Waals surface area contributed by atoms with Crippen LogP contribution >= 0.6 is 23.4 Å². The molecule has 4 rings (SSSR count). The molecule has 33 heavy (non-hydrogen) atoms. The van der Waals surface area contributed by atoms with Crippen LogP contribution in [0.2, 0.25) is 5.02 Å². The summed E-state index contributed by atoms with van der Waals surface area (Å²) in [6.45, 7) is 0.410. The summed E-state index contributed by atoms with van der Waals surface area (Å²) in [6, 6.07) is 15.3. The van der Waals surface area contributed by atoms with E-state index in [-0.39, 0.29) is 37.2 Å². The second kappa shape index (κ2) is 10.9. The van der Waals surface area contributed by atoms with E-state index in [0.29, 0.717) is 33.0 Å². The predicted molar refractivity (Wildman–Crippen MR) is 123 cm³/mol. The van der Waals surface area contributed by atoms with Crippen LogP contribution in [0.25, 0.3) is 0 Å². The molecule has 0 saturated carbocycles. The number of ether oxygens (including phenoxy) is 4. The highest BCUT2D eigenvalue weighted by Crippen LogP contribution is 2.34. The summed E-state index contributed by atoms with van der Waals surface area (Å²) in [6.07, 6.45) is 1.55. The lowest BCUT2D eigenvalue weighted by Crippen LogP contribution is -2.16. The molecule has 0 bridgehead atoms. The smallest absolute Gasteiger partial charge is 0.341 e. The Balaban J connectivity index is 1.26. The second-order valence-corrected chi connectivity index (χ2v) is 8.10. The molecular formula is C23H19ClN2O6S. The molecule has 1 N–H and O–H groups in total. The topological polar surface area (TPSA) is 96.0 Å². The van der Waals surface area contributed by atoms with Crippen molar-refractivity contribution >= 4 is 40.9 Å². The lowest BCUT2D eigenvalue weighted by Gasteiger charge is -2.10. The van der Waals surface area contributed by atoms with Gasteiger partial charge in [-0.15, -0.1) is 0 Å². The van der Waals surface area contributed by atoms with Crippen LogP contribution in [0.15, 0.2) is 65.8 Å². The van der Waals surface area contributed by atoms with Gasteiger partial charge in [0.15, 0.2) is 11.5 Å². The van der Waals surface area contributed by atoms with Gasteiger partial charge in [-0.3, -0.25) is 4.79 Å². The number of nitrogens with zero attached hydrogens (tertiary/aromatic N) is 1. The lowest BCUT2D eigenvalue weighted by atomic mass is 10.3. The fourth-order valence-electron chi connectivity index (χ4n) is 2.87. The van der Waals surface area contributed by atoms with Gasteiger partial charge in [-0.1, -0.05) is 23.4 Å². The molecule has 0 spiro atoms. The first-order valence-electron chi connectivity index (χ1n) is 9.91. The van der Waals surface area contributed by atoms with E-state index in [1.165, 1.54) is 0 Å². The third-order valence-corrected chi connectivity index (χ3v) is 5.64. The summed E-state index contributed by atoms with van der Waals surface area (Å²) < 4.78 is 21.4. The van der Waals surface area contributed by atoms with E-state index in [2.05, 4.69) is 10.3 Å². The lowest BCUT2D eigenvalue weighted by molar-refractivity contribution is -0.113. The summed E-state index contributed by atoms with van der Waals surface area (Å²) in [5.74, 6) is 1.11. The number of carbonyl (C=O) groups excluding carboxylic acids is 2. The van der Waals surface area contributed by atoms with Gasteiger partial charge in [0.1, 0.15) is 24.0 Å². The molecule has 1 aromatic heterocycles. The van der Waals surface area contributed by atoms with E-state index >= 15 is 0 Å². The number of fused-ring (bicyclic) bond motifs is 1. The Labute approximate surface area is 199 Å². The van der Waals surface area contributed by atoms with E-state index < -0.39 is 5.97 Å². The number of nitrogens with one attached hydrogen (secondary N) is 1. The largest absolute Gasteiger partial charge is 0.490 e. The molecule has 2 heterocycles. The number of rotatable bonds is 9. The number of benzene rings is 2. The zero-order chi connectivity index (χ0) is 23.0. The third kappa shape index (κ3) is 6.30. The standard InChI is InChI=1S/C23H19ClN2O6S/c24-15-3-6-17(7-4-15)29-10-11-30-23(28)18-2-1-9-25-22(18)33-13-21(27)26-16-5-8-19-20(12-16)32-14-31-19/h1-9,12H,10-11,13-14H2,(H,26,27). The number of thioether (sulfide) groups is 1. The van der Waals surface area contributed by atoms with Crippen molar-refractivity contribution in [2.45, 2.75) is 5.03 Å². The van der Waals surface area contributed by atoms with Gasteiger partial charge in [-0.05, 0) is 48.5 Å². The van der Waals surface area contributed by atoms with Gasteiger partial charge in [-0.2, -0.15) is 0 Å². The Hall–Kier alpha value is -3.43. The minimum absolute atomic E-state index is 0.0606. The van der Waals surface area contributed by atoms with E-state index in [0.717, 1.165) is 11.8 Å². The molecule has 0 fully saturated rings. The van der Waals surface area contributed by atoms with Gasteiger partial charge < -0.3 is 24.3 Å². The summed E-state index contributed by atoms with van der Waals surface area (Å²) >= 11 is 6.98. The van der Waals surface area contributed by atoms with Crippen LogP contribution in [0.5, 0.6) is 17.2 Å². The van der Waals surface area contributed by atoms with Gasteiger partial charge in [0.2, 0.25) is 12.7 Å². The molecule has 10 heteroatoms. The molecule has 0 radical (unpaired) electrons. The van der Waals surface area contributed by atoms with Crippen LogP contribution < -0.4 is 19.5 Å². The maximum Gasteiger partial charge on any atom is 0.341 e. The molecule has 0 saturated heterocycles. The van der Waals surface area contributed by atoms with Crippen molar-refractivity contribution in [3.05, 3.63) is 71.4 Å². The Morgan fingerprint density at radius 2 is 1.88 bits per heavy atom. The molecule has 1 aliphatic rings. The molecule has 3 aromatic rings. The summed E-state index contributed by atoms with van der Waals surface area (Å²) in [4.78, 5) is 29.1. The third-order valence-electron chi connectivity index (χ3n) is 4.39. The van der Waals surface area contributed by atoms with Gasteiger partial charge in [0.05, 0.1) is 11.3 Å².